The number of likely N-dealkylation sites (N-methyl/N-ethyl adjacent to an activating group) is 1. The molecule has 0 aliphatic carbocycles. The van der Waals surface area contributed by atoms with Gasteiger partial charge in [0.05, 0.1) is 12.7 Å². The minimum atomic E-state index is -0.712. The molecular weight excluding hydrogens is 462 g/mol. The van der Waals surface area contributed by atoms with Gasteiger partial charge < -0.3 is 19.6 Å². The maximum absolute atomic E-state index is 13.3. The summed E-state index contributed by atoms with van der Waals surface area (Å²) < 4.78 is 5.27. The number of methoxy groups -OCH3 is 1. The lowest BCUT2D eigenvalue weighted by molar-refractivity contribution is -0.132. The minimum absolute atomic E-state index is 0.0776. The molecular formula is C27H27N3O4S. The third-order valence-corrected chi connectivity index (χ3v) is 7.52. The van der Waals surface area contributed by atoms with E-state index >= 15 is 0 Å². The number of hydrogen-bond donors (Lipinski definition) is 1. The maximum atomic E-state index is 13.3. The molecule has 7 nitrogen and oxygen atoms in total. The third-order valence-electron chi connectivity index (χ3n) is 6.60. The molecule has 2 fully saturated rings. The van der Waals surface area contributed by atoms with Crippen LogP contribution in [0.15, 0.2) is 71.6 Å². The van der Waals surface area contributed by atoms with Crippen molar-refractivity contribution < 1.29 is 19.4 Å². The molecule has 2 aromatic carbocycles. The zero-order chi connectivity index (χ0) is 24.5. The van der Waals surface area contributed by atoms with E-state index in [9.17, 15) is 14.7 Å². The SMILES string of the molecule is COc1cccc(/C(O)=C2/C(=O)C(=O)N(c3ccc(N4CCN(C)CC4)cc3)C2c2cccs2)c1. The van der Waals surface area contributed by atoms with Crippen LogP contribution in [-0.2, 0) is 9.59 Å². The van der Waals surface area contributed by atoms with Crippen LogP contribution in [0.25, 0.3) is 5.76 Å². The maximum Gasteiger partial charge on any atom is 0.300 e. The van der Waals surface area contributed by atoms with E-state index in [0.717, 1.165) is 36.7 Å². The van der Waals surface area contributed by atoms with E-state index in [1.807, 2.05) is 41.8 Å². The van der Waals surface area contributed by atoms with Gasteiger partial charge in [-0.3, -0.25) is 14.5 Å². The molecule has 0 bridgehead atoms. The lowest BCUT2D eigenvalue weighted by atomic mass is 9.99. The Kier molecular flexibility index (Phi) is 6.32. The topological polar surface area (TPSA) is 73.3 Å². The second-order valence-corrected chi connectivity index (χ2v) is 9.70. The van der Waals surface area contributed by atoms with Gasteiger partial charge in [-0.05, 0) is 54.9 Å². The number of aliphatic hydroxyl groups is 1. The molecule has 3 aromatic rings. The van der Waals surface area contributed by atoms with Crippen molar-refractivity contribution in [1.82, 2.24) is 4.90 Å². The molecule has 0 spiro atoms. The highest BCUT2D eigenvalue weighted by Gasteiger charge is 2.47. The second-order valence-electron chi connectivity index (χ2n) is 8.72. The van der Waals surface area contributed by atoms with Crippen molar-refractivity contribution >= 4 is 40.2 Å². The number of amides is 1. The van der Waals surface area contributed by atoms with Crippen LogP contribution in [0, 0.1) is 0 Å². The fraction of sp³-hybridized carbons (Fsp3) is 0.259. The Labute approximate surface area is 208 Å². The van der Waals surface area contributed by atoms with E-state index in [1.54, 1.807) is 24.3 Å². The largest absolute Gasteiger partial charge is 0.507 e. The Morgan fingerprint density at radius 3 is 2.34 bits per heavy atom. The molecule has 1 amide bonds. The fourth-order valence-corrected chi connectivity index (χ4v) is 5.45. The first-order valence-corrected chi connectivity index (χ1v) is 12.4. The molecule has 2 saturated heterocycles. The molecule has 1 unspecified atom stereocenters. The van der Waals surface area contributed by atoms with Gasteiger partial charge in [-0.25, -0.2) is 0 Å². The summed E-state index contributed by atoms with van der Waals surface area (Å²) in [6.45, 7) is 3.88. The quantitative estimate of drug-likeness (QED) is 0.330. The fourth-order valence-electron chi connectivity index (χ4n) is 4.63. The summed E-state index contributed by atoms with van der Waals surface area (Å²) >= 11 is 1.44. The van der Waals surface area contributed by atoms with Crippen LogP contribution in [-0.4, -0.2) is 62.0 Å². The first kappa shape index (κ1) is 23.1. The van der Waals surface area contributed by atoms with Gasteiger partial charge in [0.15, 0.2) is 0 Å². The van der Waals surface area contributed by atoms with Gasteiger partial charge in [-0.15, -0.1) is 11.3 Å². The second kappa shape index (κ2) is 9.56. The van der Waals surface area contributed by atoms with Gasteiger partial charge in [0.2, 0.25) is 0 Å². The highest BCUT2D eigenvalue weighted by atomic mass is 32.1. The van der Waals surface area contributed by atoms with E-state index in [1.165, 1.54) is 23.3 Å². The average Bonchev–Trinajstić information content (AvgIpc) is 3.51. The number of aliphatic hydroxyl groups excluding tert-OH is 1. The smallest absolute Gasteiger partial charge is 0.300 e. The van der Waals surface area contributed by atoms with E-state index < -0.39 is 17.7 Å². The van der Waals surface area contributed by atoms with Gasteiger partial charge >= 0.3 is 0 Å². The molecule has 180 valence electrons. The van der Waals surface area contributed by atoms with Crippen LogP contribution < -0.4 is 14.5 Å². The lowest BCUT2D eigenvalue weighted by Gasteiger charge is -2.34. The molecule has 0 radical (unpaired) electrons. The zero-order valence-corrected chi connectivity index (χ0v) is 20.5. The van der Waals surface area contributed by atoms with E-state index in [0.29, 0.717) is 17.0 Å². The number of ketones is 1. The number of anilines is 2. The Morgan fingerprint density at radius 1 is 0.971 bits per heavy atom. The van der Waals surface area contributed by atoms with Gasteiger partial charge in [-0.2, -0.15) is 0 Å². The number of thiophene rings is 1. The number of hydrogen-bond acceptors (Lipinski definition) is 7. The normalized spacial score (nSPS) is 20.5. The number of ether oxygens (including phenoxy) is 1. The van der Waals surface area contributed by atoms with Crippen LogP contribution in [0.3, 0.4) is 0 Å². The summed E-state index contributed by atoms with van der Waals surface area (Å²) in [6, 6.07) is 17.6. The third kappa shape index (κ3) is 4.31. The number of nitrogens with zero attached hydrogens (tertiary/aromatic N) is 3. The van der Waals surface area contributed by atoms with Crippen LogP contribution in [0.2, 0.25) is 0 Å². The summed E-state index contributed by atoms with van der Waals surface area (Å²) in [5.74, 6) is -1.01. The number of carbonyl (C=O) groups excluding carboxylic acids is 2. The summed E-state index contributed by atoms with van der Waals surface area (Å²) in [6.07, 6.45) is 0. The van der Waals surface area contributed by atoms with E-state index in [2.05, 4.69) is 16.8 Å². The van der Waals surface area contributed by atoms with E-state index in [-0.39, 0.29) is 11.3 Å². The number of Topliss-reactive ketones (excluding diaryl/α,β-unsaturated/α-hetero) is 1. The molecule has 1 N–H and O–H groups in total. The highest BCUT2D eigenvalue weighted by molar-refractivity contribution is 7.10. The molecule has 2 aliphatic rings. The molecule has 35 heavy (non-hydrogen) atoms. The van der Waals surface area contributed by atoms with Gasteiger partial charge in [-0.1, -0.05) is 18.2 Å². The van der Waals surface area contributed by atoms with Crippen molar-refractivity contribution in [2.45, 2.75) is 6.04 Å². The number of carbonyl (C=O) groups is 2. The molecule has 2 aliphatic heterocycles. The predicted octanol–water partition coefficient (Wildman–Crippen LogP) is 4.13. The van der Waals surface area contributed by atoms with E-state index in [4.69, 9.17) is 4.74 Å². The minimum Gasteiger partial charge on any atom is -0.507 e. The molecule has 1 aromatic heterocycles. The van der Waals surface area contributed by atoms with Crippen molar-refractivity contribution in [3.8, 4) is 5.75 Å². The molecule has 5 rings (SSSR count). The Morgan fingerprint density at radius 2 is 1.69 bits per heavy atom. The number of benzene rings is 2. The van der Waals surface area contributed by atoms with Crippen molar-refractivity contribution in [2.24, 2.45) is 0 Å². The van der Waals surface area contributed by atoms with Crippen LogP contribution >= 0.6 is 11.3 Å². The van der Waals surface area contributed by atoms with Gasteiger partial charge in [0.1, 0.15) is 17.6 Å². The van der Waals surface area contributed by atoms with Crippen molar-refractivity contribution in [2.75, 3.05) is 50.1 Å². The summed E-state index contributed by atoms with van der Waals surface area (Å²) in [5, 5.41) is 13.1. The van der Waals surface area contributed by atoms with Gasteiger partial charge in [0.25, 0.3) is 11.7 Å². The number of rotatable bonds is 5. The van der Waals surface area contributed by atoms with Gasteiger partial charge in [0, 0.05) is 48.0 Å². The lowest BCUT2D eigenvalue weighted by Crippen LogP contribution is -2.44. The highest BCUT2D eigenvalue weighted by Crippen LogP contribution is 2.44. The average molecular weight is 490 g/mol. The summed E-state index contributed by atoms with van der Waals surface area (Å²) in [7, 11) is 3.66. The number of piperazine rings is 1. The molecule has 8 heteroatoms. The van der Waals surface area contributed by atoms with Crippen molar-refractivity contribution in [3.05, 3.63) is 82.1 Å². The standard InChI is InChI=1S/C27H27N3O4S/c1-28-12-14-29(15-13-28)19-8-10-20(11-9-19)30-24(22-7-4-16-35-22)23(26(32)27(30)33)25(31)18-5-3-6-21(17-18)34-2/h3-11,16-17,24,31H,12-15H2,1-2H3/b25-23-. The first-order valence-electron chi connectivity index (χ1n) is 11.5. The molecule has 0 saturated carbocycles. The first-order chi connectivity index (χ1) is 17.0. The van der Waals surface area contributed by atoms with Crippen LogP contribution in [0.5, 0.6) is 5.75 Å². The Hall–Kier alpha value is -3.62. The summed E-state index contributed by atoms with van der Waals surface area (Å²) in [5.41, 5.74) is 2.21. The monoisotopic (exact) mass is 489 g/mol. The Balaban J connectivity index is 1.55. The molecule has 3 heterocycles. The van der Waals surface area contributed by atoms with Crippen LogP contribution in [0.4, 0.5) is 11.4 Å². The van der Waals surface area contributed by atoms with Crippen molar-refractivity contribution in [1.29, 1.82) is 0 Å². The summed E-state index contributed by atoms with van der Waals surface area (Å²) in [4.78, 5) is 33.5. The zero-order valence-electron chi connectivity index (χ0n) is 19.7. The molecule has 1 atom stereocenters. The predicted molar refractivity (Wildman–Crippen MR) is 138 cm³/mol. The van der Waals surface area contributed by atoms with Crippen molar-refractivity contribution in [3.63, 3.8) is 0 Å². The van der Waals surface area contributed by atoms with Crippen LogP contribution in [0.1, 0.15) is 16.5 Å². The Bertz CT molecular complexity index is 1260.